The van der Waals surface area contributed by atoms with Crippen LogP contribution < -0.4 is 0 Å². The van der Waals surface area contributed by atoms with Gasteiger partial charge < -0.3 is 13.8 Å². The highest BCUT2D eigenvalue weighted by atomic mass is 32.2. The van der Waals surface area contributed by atoms with Crippen LogP contribution in [-0.2, 0) is 23.5 Å². The normalized spacial score (nSPS) is 10.8. The number of thioether (sulfide) groups is 1. The second-order valence-corrected chi connectivity index (χ2v) is 6.67. The van der Waals surface area contributed by atoms with E-state index in [0.29, 0.717) is 23.0 Å². The largest absolute Gasteiger partial charge is 0.452 e. The first kappa shape index (κ1) is 18.2. The van der Waals surface area contributed by atoms with Crippen molar-refractivity contribution >= 4 is 17.7 Å². The number of carbonyl (C=O) groups is 1. The molecule has 1 aromatic carbocycles. The van der Waals surface area contributed by atoms with Crippen LogP contribution in [0.3, 0.4) is 0 Å². The number of esters is 1. The van der Waals surface area contributed by atoms with Crippen molar-refractivity contribution in [1.82, 2.24) is 15.3 Å². The van der Waals surface area contributed by atoms with Gasteiger partial charge in [-0.2, -0.15) is 4.98 Å². The van der Waals surface area contributed by atoms with Crippen molar-refractivity contribution in [2.75, 3.05) is 0 Å². The second-order valence-electron chi connectivity index (χ2n) is 5.65. The molecule has 0 saturated heterocycles. The van der Waals surface area contributed by atoms with Gasteiger partial charge in [-0.05, 0) is 25.5 Å². The van der Waals surface area contributed by atoms with Crippen molar-refractivity contribution in [3.05, 3.63) is 59.1 Å². The summed E-state index contributed by atoms with van der Waals surface area (Å²) in [6.45, 7) is 3.85. The van der Waals surface area contributed by atoms with E-state index in [-0.39, 0.29) is 6.61 Å². The van der Waals surface area contributed by atoms with Crippen LogP contribution in [0, 0.1) is 6.92 Å². The van der Waals surface area contributed by atoms with Gasteiger partial charge in [-0.1, -0.05) is 29.4 Å². The van der Waals surface area contributed by atoms with E-state index in [2.05, 4.69) is 15.3 Å². The molecule has 2 aromatic heterocycles. The Bertz CT molecular complexity index is 875. The number of nitrogens with zero attached hydrogens (tertiary/aromatic N) is 3. The topological polar surface area (TPSA) is 91.2 Å². The molecule has 7 nitrogen and oxygen atoms in total. The van der Waals surface area contributed by atoms with Gasteiger partial charge in [0.25, 0.3) is 5.89 Å². The minimum atomic E-state index is -0.433. The van der Waals surface area contributed by atoms with Crippen molar-refractivity contribution < 1.29 is 18.6 Å². The lowest BCUT2D eigenvalue weighted by Crippen LogP contribution is -2.07. The first-order valence-electron chi connectivity index (χ1n) is 8.28. The molecule has 0 aliphatic heterocycles. The Morgan fingerprint density at radius 3 is 2.85 bits per heavy atom. The number of benzene rings is 1. The highest BCUT2D eigenvalue weighted by Gasteiger charge is 2.15. The molecule has 0 fully saturated rings. The maximum Gasteiger partial charge on any atom is 0.339 e. The molecule has 0 aliphatic rings. The minimum absolute atomic E-state index is 0.0458. The summed E-state index contributed by atoms with van der Waals surface area (Å²) in [5.41, 5.74) is 1.32. The van der Waals surface area contributed by atoms with Crippen LogP contribution in [0.4, 0.5) is 0 Å². The third-order valence-electron chi connectivity index (χ3n) is 3.46. The quantitative estimate of drug-likeness (QED) is 0.433. The van der Waals surface area contributed by atoms with Crippen LogP contribution in [0.15, 0.2) is 44.3 Å². The minimum Gasteiger partial charge on any atom is -0.452 e. The van der Waals surface area contributed by atoms with Crippen LogP contribution in [0.1, 0.15) is 46.9 Å². The SMILES string of the molecule is CCCc1noc(COC(=O)c2ccccc2SCc2cc(C)no2)n1. The Morgan fingerprint density at radius 1 is 1.23 bits per heavy atom. The average Bonchev–Trinajstić information content (AvgIpc) is 3.27. The second kappa shape index (κ2) is 8.66. The first-order chi connectivity index (χ1) is 12.7. The molecule has 0 unspecified atom stereocenters. The van der Waals surface area contributed by atoms with Gasteiger partial charge in [0.15, 0.2) is 12.4 Å². The number of aryl methyl sites for hydroxylation is 2. The van der Waals surface area contributed by atoms with Crippen LogP contribution in [-0.4, -0.2) is 21.3 Å². The van der Waals surface area contributed by atoms with Crippen molar-refractivity contribution in [3.63, 3.8) is 0 Å². The summed E-state index contributed by atoms with van der Waals surface area (Å²) in [5.74, 6) is 1.82. The Morgan fingerprint density at radius 2 is 2.08 bits per heavy atom. The maximum absolute atomic E-state index is 12.4. The zero-order chi connectivity index (χ0) is 18.4. The summed E-state index contributed by atoms with van der Waals surface area (Å²) < 4.78 is 15.6. The molecule has 0 spiro atoms. The van der Waals surface area contributed by atoms with Crippen molar-refractivity contribution in [2.24, 2.45) is 0 Å². The Kier molecular flexibility index (Phi) is 6.06. The molecule has 0 amide bonds. The third kappa shape index (κ3) is 4.72. The summed E-state index contributed by atoms with van der Waals surface area (Å²) in [6.07, 6.45) is 1.66. The zero-order valence-electron chi connectivity index (χ0n) is 14.6. The van der Waals surface area contributed by atoms with Gasteiger partial charge in [0.1, 0.15) is 5.76 Å². The van der Waals surface area contributed by atoms with Gasteiger partial charge >= 0.3 is 5.97 Å². The lowest BCUT2D eigenvalue weighted by Gasteiger charge is -2.07. The van der Waals surface area contributed by atoms with Crippen LogP contribution >= 0.6 is 11.8 Å². The molecule has 2 heterocycles. The molecule has 0 N–H and O–H groups in total. The fourth-order valence-corrected chi connectivity index (χ4v) is 3.19. The standard InChI is InChI=1S/C18H19N3O4S/c1-3-6-16-19-17(25-21-16)10-23-18(22)14-7-4-5-8-15(14)26-11-13-9-12(2)20-24-13/h4-5,7-9H,3,6,10-11H2,1-2H3. The summed E-state index contributed by atoms with van der Waals surface area (Å²) in [6, 6.07) is 9.14. The number of carbonyl (C=O) groups excluding carboxylic acids is 1. The molecule has 0 radical (unpaired) electrons. The molecule has 8 heteroatoms. The average molecular weight is 373 g/mol. The first-order valence-corrected chi connectivity index (χ1v) is 9.27. The van der Waals surface area contributed by atoms with Crippen molar-refractivity contribution in [1.29, 1.82) is 0 Å². The zero-order valence-corrected chi connectivity index (χ0v) is 15.4. The number of hydrogen-bond acceptors (Lipinski definition) is 8. The highest BCUT2D eigenvalue weighted by Crippen LogP contribution is 2.27. The molecule has 3 aromatic rings. The lowest BCUT2D eigenvalue weighted by molar-refractivity contribution is 0.0425. The summed E-state index contributed by atoms with van der Waals surface area (Å²) in [5, 5.41) is 7.70. The summed E-state index contributed by atoms with van der Waals surface area (Å²) in [7, 11) is 0. The number of aromatic nitrogens is 3. The Labute approximate surface area is 155 Å². The van der Waals surface area contributed by atoms with Gasteiger partial charge in [-0.25, -0.2) is 4.79 Å². The molecular formula is C18H19N3O4S. The van der Waals surface area contributed by atoms with E-state index in [0.717, 1.165) is 29.2 Å². The molecule has 0 atom stereocenters. The molecular weight excluding hydrogens is 354 g/mol. The molecule has 0 saturated carbocycles. The Balaban J connectivity index is 1.61. The molecule has 0 aliphatic carbocycles. The van der Waals surface area contributed by atoms with E-state index >= 15 is 0 Å². The lowest BCUT2D eigenvalue weighted by atomic mass is 10.2. The molecule has 3 rings (SSSR count). The van der Waals surface area contributed by atoms with Crippen LogP contribution in [0.5, 0.6) is 0 Å². The Hall–Kier alpha value is -2.61. The van der Waals surface area contributed by atoms with E-state index in [1.54, 1.807) is 12.1 Å². The molecule has 0 bridgehead atoms. The number of ether oxygens (including phenoxy) is 1. The van der Waals surface area contributed by atoms with E-state index in [4.69, 9.17) is 13.8 Å². The van der Waals surface area contributed by atoms with Crippen LogP contribution in [0.2, 0.25) is 0 Å². The van der Waals surface area contributed by atoms with E-state index in [1.165, 1.54) is 11.8 Å². The summed E-state index contributed by atoms with van der Waals surface area (Å²) >= 11 is 1.49. The smallest absolute Gasteiger partial charge is 0.339 e. The predicted octanol–water partition coefficient (Wildman–Crippen LogP) is 3.97. The number of rotatable bonds is 8. The van der Waals surface area contributed by atoms with E-state index in [1.807, 2.05) is 32.0 Å². The van der Waals surface area contributed by atoms with Gasteiger partial charge in [0, 0.05) is 17.4 Å². The van der Waals surface area contributed by atoms with Crippen molar-refractivity contribution in [3.8, 4) is 0 Å². The monoisotopic (exact) mass is 373 g/mol. The maximum atomic E-state index is 12.4. The van der Waals surface area contributed by atoms with Gasteiger partial charge in [-0.3, -0.25) is 0 Å². The van der Waals surface area contributed by atoms with Crippen LogP contribution in [0.25, 0.3) is 0 Å². The van der Waals surface area contributed by atoms with Gasteiger partial charge in [0.2, 0.25) is 0 Å². The third-order valence-corrected chi connectivity index (χ3v) is 4.56. The predicted molar refractivity (Wildman–Crippen MR) is 94.7 cm³/mol. The van der Waals surface area contributed by atoms with Gasteiger partial charge in [-0.15, -0.1) is 11.8 Å². The van der Waals surface area contributed by atoms with E-state index < -0.39 is 5.97 Å². The van der Waals surface area contributed by atoms with E-state index in [9.17, 15) is 4.79 Å². The fraction of sp³-hybridized carbons (Fsp3) is 0.333. The summed E-state index contributed by atoms with van der Waals surface area (Å²) in [4.78, 5) is 17.4. The fourth-order valence-electron chi connectivity index (χ4n) is 2.27. The van der Waals surface area contributed by atoms with Gasteiger partial charge in [0.05, 0.1) is 17.0 Å². The number of hydrogen-bond donors (Lipinski definition) is 0. The van der Waals surface area contributed by atoms with Crippen molar-refractivity contribution in [2.45, 2.75) is 43.9 Å². The molecule has 136 valence electrons. The highest BCUT2D eigenvalue weighted by molar-refractivity contribution is 7.98. The molecule has 26 heavy (non-hydrogen) atoms.